The van der Waals surface area contributed by atoms with E-state index in [0.717, 1.165) is 34.3 Å². The van der Waals surface area contributed by atoms with E-state index in [1.54, 1.807) is 13.8 Å². The molecule has 1 aliphatic rings. The fourth-order valence-corrected chi connectivity index (χ4v) is 7.25. The number of ether oxygens (including phenoxy) is 1. The number of aryl methyl sites for hydroxylation is 1. The number of carbonyl (C=O) groups is 2. The molecule has 2 heterocycles. The Labute approximate surface area is 255 Å². The molecule has 1 fully saturated rings. The highest BCUT2D eigenvalue weighted by molar-refractivity contribution is 7.20. The molecule has 11 heteroatoms. The summed E-state index contributed by atoms with van der Waals surface area (Å²) in [6.45, 7) is 10.6. The molecule has 0 unspecified atom stereocenters. The number of carboxylic acid groups (broad SMARTS) is 1. The summed E-state index contributed by atoms with van der Waals surface area (Å²) in [5, 5.41) is 23.1. The van der Waals surface area contributed by atoms with Gasteiger partial charge in [0.2, 0.25) is 0 Å². The number of rotatable bonds is 11. The van der Waals surface area contributed by atoms with Crippen LogP contribution in [0.3, 0.4) is 0 Å². The normalized spacial score (nSPS) is 18.1. The second kappa shape index (κ2) is 13.1. The molecule has 1 atom stereocenters. The van der Waals surface area contributed by atoms with E-state index in [0.29, 0.717) is 52.7 Å². The molecule has 3 aromatic rings. The average molecular weight is 614 g/mol. The number of hydrogen-bond donors (Lipinski definition) is 3. The van der Waals surface area contributed by atoms with Crippen LogP contribution >= 0.6 is 11.3 Å². The van der Waals surface area contributed by atoms with Crippen molar-refractivity contribution in [1.82, 2.24) is 14.5 Å². The number of benzene rings is 1. The molecule has 1 aromatic carbocycles. The molecule has 1 aliphatic carbocycles. The third-order valence-electron chi connectivity index (χ3n) is 8.40. The molecule has 234 valence electrons. The van der Waals surface area contributed by atoms with Gasteiger partial charge in [-0.3, -0.25) is 14.2 Å². The molecule has 0 spiro atoms. The van der Waals surface area contributed by atoms with E-state index in [2.05, 4.69) is 5.32 Å². The number of amides is 1. The monoisotopic (exact) mass is 613 g/mol. The lowest BCUT2D eigenvalue weighted by Crippen LogP contribution is -2.52. The van der Waals surface area contributed by atoms with Crippen LogP contribution in [0.4, 0.5) is 0 Å². The molecule has 0 bridgehead atoms. The molecule has 1 amide bonds. The zero-order chi connectivity index (χ0) is 31.6. The van der Waals surface area contributed by atoms with Crippen molar-refractivity contribution in [2.24, 2.45) is 5.92 Å². The van der Waals surface area contributed by atoms with Gasteiger partial charge < -0.3 is 20.3 Å². The lowest BCUT2D eigenvalue weighted by atomic mass is 9.79. The van der Waals surface area contributed by atoms with Crippen molar-refractivity contribution in [3.8, 4) is 5.75 Å². The third kappa shape index (κ3) is 6.57. The first kappa shape index (κ1) is 32.5. The van der Waals surface area contributed by atoms with E-state index >= 15 is 0 Å². The quantitative estimate of drug-likeness (QED) is 0.287. The van der Waals surface area contributed by atoms with Crippen LogP contribution in [0, 0.1) is 12.8 Å². The van der Waals surface area contributed by atoms with Gasteiger partial charge in [0, 0.05) is 19.0 Å². The number of carbonyl (C=O) groups excluding carboxylic acids is 1. The lowest BCUT2D eigenvalue weighted by molar-refractivity contribution is -0.146. The predicted molar refractivity (Wildman–Crippen MR) is 168 cm³/mol. The van der Waals surface area contributed by atoms with Crippen LogP contribution in [0.15, 0.2) is 33.9 Å². The first-order valence-electron chi connectivity index (χ1n) is 15.0. The summed E-state index contributed by atoms with van der Waals surface area (Å²) < 4.78 is 8.48. The largest absolute Gasteiger partial charge is 0.491 e. The van der Waals surface area contributed by atoms with E-state index in [1.165, 1.54) is 18.4 Å². The van der Waals surface area contributed by atoms with Gasteiger partial charge in [-0.25, -0.2) is 14.2 Å². The summed E-state index contributed by atoms with van der Waals surface area (Å²) >= 11 is 1.08. The molecule has 2 aromatic heterocycles. The minimum Gasteiger partial charge on any atom is -0.491 e. The molecular weight excluding hydrogens is 570 g/mol. The molecule has 43 heavy (non-hydrogen) atoms. The molecule has 0 radical (unpaired) electrons. The first-order valence-corrected chi connectivity index (χ1v) is 15.8. The molecule has 3 N–H and O–H groups in total. The molecule has 1 saturated carbocycles. The van der Waals surface area contributed by atoms with Gasteiger partial charge in [0.1, 0.15) is 16.1 Å². The smallest absolute Gasteiger partial charge is 0.333 e. The van der Waals surface area contributed by atoms with Crippen LogP contribution in [0.1, 0.15) is 93.4 Å². The summed E-state index contributed by atoms with van der Waals surface area (Å²) in [5.41, 5.74) is -1.97. The number of aromatic nitrogens is 2. The minimum atomic E-state index is -1.84. The van der Waals surface area contributed by atoms with Gasteiger partial charge in [-0.05, 0) is 96.8 Å². The highest BCUT2D eigenvalue weighted by Crippen LogP contribution is 2.39. The van der Waals surface area contributed by atoms with E-state index in [1.807, 2.05) is 38.1 Å². The van der Waals surface area contributed by atoms with Crippen LogP contribution in [-0.4, -0.2) is 50.0 Å². The summed E-state index contributed by atoms with van der Waals surface area (Å²) in [4.78, 5) is 54.1. The van der Waals surface area contributed by atoms with Crippen LogP contribution < -0.4 is 21.3 Å². The van der Waals surface area contributed by atoms with Crippen LogP contribution in [0.5, 0.6) is 5.75 Å². The maximum absolute atomic E-state index is 14.2. The van der Waals surface area contributed by atoms with Crippen molar-refractivity contribution in [1.29, 1.82) is 0 Å². The summed E-state index contributed by atoms with van der Waals surface area (Å²) in [5.74, 6) is -0.902. The number of hydrogen-bond acceptors (Lipinski definition) is 7. The van der Waals surface area contributed by atoms with Gasteiger partial charge >= 0.3 is 11.7 Å². The summed E-state index contributed by atoms with van der Waals surface area (Å²) in [7, 11) is 0. The predicted octanol–water partition coefficient (Wildman–Crippen LogP) is 4.61. The second-order valence-electron chi connectivity index (χ2n) is 12.3. The van der Waals surface area contributed by atoms with Gasteiger partial charge in [-0.15, -0.1) is 11.3 Å². The zero-order valence-corrected chi connectivity index (χ0v) is 26.6. The summed E-state index contributed by atoms with van der Waals surface area (Å²) in [6.07, 6.45) is 3.43. The number of thiophene rings is 1. The Hall–Kier alpha value is -3.44. The SMILES string of the molecule is CCNC(=O)c1sc2c(c1C)c(=O)n(C(C)(C)C(=O)O)c(=O)n2C[C@H](C[C@H]1CC[C@H](O)CC1)c1ccccc1OC(C)C. The second-order valence-corrected chi connectivity index (χ2v) is 13.3. The first-order chi connectivity index (χ1) is 20.3. The van der Waals surface area contributed by atoms with Crippen molar-refractivity contribution in [2.45, 2.75) is 104 Å². The Bertz CT molecular complexity index is 1610. The minimum absolute atomic E-state index is 0.0843. The van der Waals surface area contributed by atoms with Gasteiger partial charge in [-0.1, -0.05) is 18.2 Å². The standard InChI is InChI=1S/C32H43N3O7S/c1-7-33-27(37)26-19(4)25-28(38)35(32(5,6)30(39)40)31(41)34(29(25)43-26)17-21(16-20-12-14-22(36)15-13-20)23-10-8-9-11-24(23)42-18(2)3/h8-11,18,20-22,36H,7,12-17H2,1-6H3,(H,33,37)(H,39,40)/t20-,21-,22-/m0/s1. The maximum atomic E-state index is 14.2. The van der Waals surface area contributed by atoms with Crippen LogP contribution in [-0.2, 0) is 16.9 Å². The zero-order valence-electron chi connectivity index (χ0n) is 25.8. The van der Waals surface area contributed by atoms with Crippen molar-refractivity contribution in [3.05, 3.63) is 61.1 Å². The highest BCUT2D eigenvalue weighted by Gasteiger charge is 2.36. The van der Waals surface area contributed by atoms with E-state index < -0.39 is 22.8 Å². The van der Waals surface area contributed by atoms with Crippen molar-refractivity contribution >= 4 is 33.4 Å². The van der Waals surface area contributed by atoms with E-state index in [4.69, 9.17) is 4.74 Å². The van der Waals surface area contributed by atoms with Crippen LogP contribution in [0.25, 0.3) is 10.2 Å². The third-order valence-corrected chi connectivity index (χ3v) is 9.71. The molecule has 0 saturated heterocycles. The Morgan fingerprint density at radius 3 is 2.40 bits per heavy atom. The van der Waals surface area contributed by atoms with Crippen molar-refractivity contribution in [3.63, 3.8) is 0 Å². The number of aliphatic hydroxyl groups excluding tert-OH is 1. The Balaban J connectivity index is 1.98. The van der Waals surface area contributed by atoms with E-state index in [-0.39, 0.29) is 36.0 Å². The number of aliphatic carboxylic acids is 1. The Kier molecular flexibility index (Phi) is 9.86. The molecule has 10 nitrogen and oxygen atoms in total. The van der Waals surface area contributed by atoms with Gasteiger partial charge in [0.15, 0.2) is 0 Å². The molecular formula is C32H43N3O7S. The highest BCUT2D eigenvalue weighted by atomic mass is 32.1. The van der Waals surface area contributed by atoms with Gasteiger partial charge in [0.25, 0.3) is 11.5 Å². The van der Waals surface area contributed by atoms with Crippen LogP contribution in [0.2, 0.25) is 0 Å². The van der Waals surface area contributed by atoms with E-state index in [9.17, 15) is 29.4 Å². The fraction of sp³-hybridized carbons (Fsp3) is 0.562. The van der Waals surface area contributed by atoms with Crippen molar-refractivity contribution in [2.75, 3.05) is 6.54 Å². The Morgan fingerprint density at radius 1 is 1.14 bits per heavy atom. The Morgan fingerprint density at radius 2 is 1.79 bits per heavy atom. The van der Waals surface area contributed by atoms with Gasteiger partial charge in [-0.2, -0.15) is 0 Å². The fourth-order valence-electron chi connectivity index (χ4n) is 6.04. The number of carboxylic acids is 1. The average Bonchev–Trinajstić information content (AvgIpc) is 3.29. The van der Waals surface area contributed by atoms with Crippen molar-refractivity contribution < 1.29 is 24.5 Å². The molecule has 4 rings (SSSR count). The number of para-hydroxylation sites is 1. The number of aliphatic hydroxyl groups is 1. The number of nitrogens with zero attached hydrogens (tertiary/aromatic N) is 2. The number of nitrogens with one attached hydrogen (secondary N) is 1. The molecule has 0 aliphatic heterocycles. The topological polar surface area (TPSA) is 140 Å². The maximum Gasteiger partial charge on any atom is 0.333 e. The van der Waals surface area contributed by atoms with Gasteiger partial charge in [0.05, 0.1) is 22.5 Å². The number of fused-ring (bicyclic) bond motifs is 1. The summed E-state index contributed by atoms with van der Waals surface area (Å²) in [6, 6.07) is 7.72. The lowest BCUT2D eigenvalue weighted by Gasteiger charge is -2.31.